The normalized spacial score (nSPS) is 12.6. The van der Waals surface area contributed by atoms with Crippen molar-refractivity contribution >= 4 is 11.6 Å². The van der Waals surface area contributed by atoms with E-state index in [0.29, 0.717) is 0 Å². The largest absolute Gasteiger partial charge is 0.354 e. The Bertz CT molecular complexity index is 578. The molecule has 2 aromatic heterocycles. The predicted molar refractivity (Wildman–Crippen MR) is 76.0 cm³/mol. The molecule has 0 N–H and O–H groups in total. The number of rotatable bonds is 3. The fraction of sp³-hybridized carbons (Fsp3) is 0.267. The van der Waals surface area contributed by atoms with Crippen molar-refractivity contribution < 1.29 is 0 Å². The summed E-state index contributed by atoms with van der Waals surface area (Å²) in [5.74, 6) is 0. The number of allylic oxidation sites excluding steroid dienone is 3. The van der Waals surface area contributed by atoms with Crippen LogP contribution in [-0.2, 0) is 14.1 Å². The van der Waals surface area contributed by atoms with Crippen LogP contribution in [0.5, 0.6) is 0 Å². The number of nitrogens with zero attached hydrogens (tertiary/aromatic N) is 3. The van der Waals surface area contributed by atoms with Crippen molar-refractivity contribution in [2.45, 2.75) is 13.8 Å². The van der Waals surface area contributed by atoms with Crippen molar-refractivity contribution in [3.05, 3.63) is 53.6 Å². The molecule has 0 fully saturated rings. The van der Waals surface area contributed by atoms with Crippen LogP contribution in [0.1, 0.15) is 23.7 Å². The van der Waals surface area contributed by atoms with Crippen molar-refractivity contribution in [2.75, 3.05) is 0 Å². The maximum atomic E-state index is 4.20. The highest BCUT2D eigenvalue weighted by atomic mass is 15.2. The van der Waals surface area contributed by atoms with Gasteiger partial charge in [-0.3, -0.25) is 4.68 Å². The predicted octanol–water partition coefficient (Wildman–Crippen LogP) is 3.18. The van der Waals surface area contributed by atoms with Crippen molar-refractivity contribution in [1.82, 2.24) is 14.3 Å². The molecule has 3 nitrogen and oxygen atoms in total. The van der Waals surface area contributed by atoms with E-state index < -0.39 is 0 Å². The average Bonchev–Trinajstić information content (AvgIpc) is 2.88. The SMILES string of the molecule is C/C=C(\C=C/c1cc(C)n(C)c1)c1cnn(C)c1. The first-order valence-corrected chi connectivity index (χ1v) is 6.06. The highest BCUT2D eigenvalue weighted by Gasteiger charge is 2.00. The lowest BCUT2D eigenvalue weighted by Crippen LogP contribution is -1.85. The molecule has 0 unspecified atom stereocenters. The maximum absolute atomic E-state index is 4.20. The quantitative estimate of drug-likeness (QED) is 0.757. The molecule has 0 spiro atoms. The fourth-order valence-electron chi connectivity index (χ4n) is 1.91. The van der Waals surface area contributed by atoms with Crippen LogP contribution in [0.4, 0.5) is 0 Å². The van der Waals surface area contributed by atoms with Gasteiger partial charge in [0.25, 0.3) is 0 Å². The van der Waals surface area contributed by atoms with Crippen molar-refractivity contribution in [3.63, 3.8) is 0 Å². The van der Waals surface area contributed by atoms with Gasteiger partial charge in [-0.15, -0.1) is 0 Å². The molecule has 3 heteroatoms. The second kappa shape index (κ2) is 5.08. The Morgan fingerprint density at radius 3 is 2.56 bits per heavy atom. The summed E-state index contributed by atoms with van der Waals surface area (Å²) < 4.78 is 3.94. The summed E-state index contributed by atoms with van der Waals surface area (Å²) >= 11 is 0. The van der Waals surface area contributed by atoms with Crippen LogP contribution >= 0.6 is 0 Å². The minimum absolute atomic E-state index is 1.14. The van der Waals surface area contributed by atoms with E-state index >= 15 is 0 Å². The smallest absolute Gasteiger partial charge is 0.0568 e. The van der Waals surface area contributed by atoms with Crippen molar-refractivity contribution in [2.24, 2.45) is 14.1 Å². The van der Waals surface area contributed by atoms with E-state index in [0.717, 1.165) is 5.56 Å². The lowest BCUT2D eigenvalue weighted by molar-refractivity contribution is 0.767. The summed E-state index contributed by atoms with van der Waals surface area (Å²) in [5, 5.41) is 4.20. The maximum Gasteiger partial charge on any atom is 0.0568 e. The summed E-state index contributed by atoms with van der Waals surface area (Å²) in [6, 6.07) is 2.17. The highest BCUT2D eigenvalue weighted by Crippen LogP contribution is 2.17. The molecule has 0 atom stereocenters. The van der Waals surface area contributed by atoms with Crippen LogP contribution in [0.25, 0.3) is 11.6 Å². The molecule has 0 radical (unpaired) electrons. The molecule has 2 rings (SSSR count). The zero-order valence-electron chi connectivity index (χ0n) is 11.4. The molecule has 0 bridgehead atoms. The third-order valence-electron chi connectivity index (χ3n) is 3.08. The summed E-state index contributed by atoms with van der Waals surface area (Å²) in [5.41, 5.74) is 4.81. The molecular weight excluding hydrogens is 222 g/mol. The summed E-state index contributed by atoms with van der Waals surface area (Å²) in [6.07, 6.45) is 12.4. The van der Waals surface area contributed by atoms with E-state index in [1.165, 1.54) is 16.8 Å². The molecular formula is C15H19N3. The van der Waals surface area contributed by atoms with Gasteiger partial charge < -0.3 is 4.57 Å². The summed E-state index contributed by atoms with van der Waals surface area (Å²) in [7, 11) is 3.99. The van der Waals surface area contributed by atoms with Gasteiger partial charge in [0, 0.05) is 37.7 Å². The van der Waals surface area contributed by atoms with Crippen molar-refractivity contribution in [1.29, 1.82) is 0 Å². The van der Waals surface area contributed by atoms with Gasteiger partial charge in [0.1, 0.15) is 0 Å². The third-order valence-corrected chi connectivity index (χ3v) is 3.08. The molecule has 0 aliphatic carbocycles. The van der Waals surface area contributed by atoms with Gasteiger partial charge in [0.15, 0.2) is 0 Å². The van der Waals surface area contributed by atoms with Crippen LogP contribution in [0.3, 0.4) is 0 Å². The van der Waals surface area contributed by atoms with Gasteiger partial charge in [-0.05, 0) is 31.1 Å². The summed E-state index contributed by atoms with van der Waals surface area (Å²) in [4.78, 5) is 0. The van der Waals surface area contributed by atoms with Gasteiger partial charge in [-0.1, -0.05) is 18.2 Å². The molecule has 0 aromatic carbocycles. The van der Waals surface area contributed by atoms with Gasteiger partial charge in [0.05, 0.1) is 6.20 Å². The van der Waals surface area contributed by atoms with E-state index in [1.54, 1.807) is 0 Å². The van der Waals surface area contributed by atoms with E-state index in [4.69, 9.17) is 0 Å². The molecule has 0 aliphatic heterocycles. The van der Waals surface area contributed by atoms with Crippen LogP contribution in [0.2, 0.25) is 0 Å². The number of hydrogen-bond donors (Lipinski definition) is 0. The molecule has 2 heterocycles. The standard InChI is InChI=1S/C15H19N3/c1-5-14(15-9-16-18(4)11-15)7-6-13-8-12(2)17(3)10-13/h5-11H,1-4H3/b7-6-,14-5+. The Kier molecular flexibility index (Phi) is 3.51. The topological polar surface area (TPSA) is 22.8 Å². The Morgan fingerprint density at radius 2 is 2.06 bits per heavy atom. The third kappa shape index (κ3) is 2.62. The van der Waals surface area contributed by atoms with Crippen LogP contribution in [0, 0.1) is 6.92 Å². The van der Waals surface area contributed by atoms with Gasteiger partial charge in [0.2, 0.25) is 0 Å². The minimum atomic E-state index is 1.14. The molecule has 0 saturated carbocycles. The first-order chi connectivity index (χ1) is 8.60. The van der Waals surface area contributed by atoms with E-state index in [1.807, 2.05) is 31.0 Å². The molecule has 18 heavy (non-hydrogen) atoms. The number of aryl methyl sites for hydroxylation is 3. The van der Waals surface area contributed by atoms with E-state index in [9.17, 15) is 0 Å². The fourth-order valence-corrected chi connectivity index (χ4v) is 1.91. The number of hydrogen-bond acceptors (Lipinski definition) is 1. The summed E-state index contributed by atoms with van der Waals surface area (Å²) in [6.45, 7) is 4.15. The van der Waals surface area contributed by atoms with Crippen molar-refractivity contribution in [3.8, 4) is 0 Å². The van der Waals surface area contributed by atoms with E-state index in [2.05, 4.69) is 54.1 Å². The Labute approximate surface area is 108 Å². The average molecular weight is 241 g/mol. The Balaban J connectivity index is 2.21. The Hall–Kier alpha value is -2.03. The van der Waals surface area contributed by atoms with Crippen LogP contribution < -0.4 is 0 Å². The van der Waals surface area contributed by atoms with Gasteiger partial charge in [-0.2, -0.15) is 5.10 Å². The van der Waals surface area contributed by atoms with Crippen LogP contribution in [-0.4, -0.2) is 14.3 Å². The zero-order valence-corrected chi connectivity index (χ0v) is 11.4. The molecule has 94 valence electrons. The monoisotopic (exact) mass is 241 g/mol. The molecule has 0 saturated heterocycles. The second-order valence-electron chi connectivity index (χ2n) is 4.51. The Morgan fingerprint density at radius 1 is 1.28 bits per heavy atom. The first-order valence-electron chi connectivity index (χ1n) is 6.06. The lowest BCUT2D eigenvalue weighted by atomic mass is 10.1. The van der Waals surface area contributed by atoms with Crippen LogP contribution in [0.15, 0.2) is 36.8 Å². The molecule has 2 aromatic rings. The number of aromatic nitrogens is 3. The van der Waals surface area contributed by atoms with Gasteiger partial charge in [-0.25, -0.2) is 0 Å². The first kappa shape index (κ1) is 12.4. The molecule has 0 aliphatic rings. The zero-order chi connectivity index (χ0) is 13.1. The van der Waals surface area contributed by atoms with E-state index in [-0.39, 0.29) is 0 Å². The minimum Gasteiger partial charge on any atom is -0.354 e. The lowest BCUT2D eigenvalue weighted by Gasteiger charge is -1.95. The second-order valence-corrected chi connectivity index (χ2v) is 4.51. The highest BCUT2D eigenvalue weighted by molar-refractivity contribution is 5.78. The molecule has 0 amide bonds. The van der Waals surface area contributed by atoms with Gasteiger partial charge >= 0.3 is 0 Å².